The number of fused-ring (bicyclic) bond motifs is 10. The van der Waals surface area contributed by atoms with Gasteiger partial charge in [0.15, 0.2) is 0 Å². The molecule has 0 bridgehead atoms. The van der Waals surface area contributed by atoms with E-state index < -0.39 is 0 Å². The zero-order valence-corrected chi connectivity index (χ0v) is 21.8. The summed E-state index contributed by atoms with van der Waals surface area (Å²) in [6.07, 6.45) is 0. The molecule has 0 saturated heterocycles. The largest absolute Gasteiger partial charge is 0.456 e. The van der Waals surface area contributed by atoms with Crippen LogP contribution in [0.4, 0.5) is 0 Å². The van der Waals surface area contributed by atoms with Gasteiger partial charge in [0.05, 0.1) is 21.8 Å². The Bertz CT molecular complexity index is 2550. The van der Waals surface area contributed by atoms with Gasteiger partial charge in [-0.3, -0.25) is 0 Å². The van der Waals surface area contributed by atoms with Gasteiger partial charge in [-0.05, 0) is 48.0 Å². The Balaban J connectivity index is 1.53. The first-order valence-electron chi connectivity index (χ1n) is 13.6. The van der Waals surface area contributed by atoms with Crippen molar-refractivity contribution in [2.45, 2.75) is 0 Å². The number of nitrogens with zero attached hydrogens (tertiary/aromatic N) is 1. The minimum Gasteiger partial charge on any atom is -0.456 e. The lowest BCUT2D eigenvalue weighted by atomic mass is 9.96. The number of rotatable bonds is 2. The SMILES string of the molecule is O=c1oc2c(-c3ccccc3)cc3c4ccccc4n(-c4ccc5oc6ccccc6c5c4)c3c2c2ccccc12. The van der Waals surface area contributed by atoms with Crippen LogP contribution in [-0.2, 0) is 0 Å². The van der Waals surface area contributed by atoms with Crippen molar-refractivity contribution >= 4 is 65.5 Å². The molecule has 192 valence electrons. The van der Waals surface area contributed by atoms with E-state index in [9.17, 15) is 4.79 Å². The summed E-state index contributed by atoms with van der Waals surface area (Å²) in [7, 11) is 0. The van der Waals surface area contributed by atoms with Crippen molar-refractivity contribution < 1.29 is 8.83 Å². The normalized spacial score (nSPS) is 12.0. The molecule has 0 amide bonds. The summed E-state index contributed by atoms with van der Waals surface area (Å²) in [6.45, 7) is 0. The van der Waals surface area contributed by atoms with Gasteiger partial charge in [0, 0.05) is 38.2 Å². The molecule has 0 unspecified atom stereocenters. The molecule has 41 heavy (non-hydrogen) atoms. The van der Waals surface area contributed by atoms with Crippen LogP contribution in [0, 0.1) is 0 Å². The van der Waals surface area contributed by atoms with Gasteiger partial charge in [0.25, 0.3) is 0 Å². The zero-order valence-electron chi connectivity index (χ0n) is 21.8. The summed E-state index contributed by atoms with van der Waals surface area (Å²) in [5, 5.41) is 6.74. The molecule has 3 heterocycles. The molecule has 9 rings (SSSR count). The van der Waals surface area contributed by atoms with Crippen molar-refractivity contribution in [3.8, 4) is 16.8 Å². The van der Waals surface area contributed by atoms with Crippen LogP contribution in [-0.4, -0.2) is 4.57 Å². The molecule has 0 saturated carbocycles. The summed E-state index contributed by atoms with van der Waals surface area (Å²) in [6, 6.07) is 43.0. The van der Waals surface area contributed by atoms with Gasteiger partial charge in [-0.15, -0.1) is 0 Å². The van der Waals surface area contributed by atoms with E-state index in [1.807, 2.05) is 66.7 Å². The molecule has 0 atom stereocenters. The van der Waals surface area contributed by atoms with E-state index in [1.54, 1.807) is 0 Å². The maximum Gasteiger partial charge on any atom is 0.344 e. The summed E-state index contributed by atoms with van der Waals surface area (Å²) >= 11 is 0. The molecular weight excluding hydrogens is 506 g/mol. The standard InChI is InChI=1S/C37H21NO3/c39-37-27-15-5-4-14-26(27)34-35-30(21-28(36(34)41-37)22-10-2-1-3-11-22)24-12-6-8-16-31(24)38(35)23-18-19-33-29(20-23)25-13-7-9-17-32(25)40-33/h1-21H. The van der Waals surface area contributed by atoms with Gasteiger partial charge >= 0.3 is 5.63 Å². The maximum atomic E-state index is 13.3. The molecule has 6 aromatic carbocycles. The molecule has 0 fully saturated rings. The van der Waals surface area contributed by atoms with Gasteiger partial charge < -0.3 is 13.4 Å². The van der Waals surface area contributed by atoms with Crippen LogP contribution in [0.5, 0.6) is 0 Å². The molecule has 0 aliphatic carbocycles. The average Bonchev–Trinajstić information content (AvgIpc) is 3.56. The fraction of sp³-hybridized carbons (Fsp3) is 0. The number of furan rings is 1. The molecule has 3 aromatic heterocycles. The first-order chi connectivity index (χ1) is 20.3. The average molecular weight is 528 g/mol. The van der Waals surface area contributed by atoms with E-state index >= 15 is 0 Å². The van der Waals surface area contributed by atoms with Crippen LogP contribution >= 0.6 is 0 Å². The van der Waals surface area contributed by atoms with Gasteiger partial charge in [0.2, 0.25) is 0 Å². The van der Waals surface area contributed by atoms with Crippen LogP contribution in [0.1, 0.15) is 0 Å². The van der Waals surface area contributed by atoms with Crippen molar-refractivity contribution in [3.05, 3.63) is 138 Å². The van der Waals surface area contributed by atoms with Crippen LogP contribution < -0.4 is 5.63 Å². The quantitative estimate of drug-likeness (QED) is 0.166. The predicted octanol–water partition coefficient (Wildman–Crippen LogP) is 9.61. The first kappa shape index (κ1) is 22.2. The lowest BCUT2D eigenvalue weighted by Gasteiger charge is -2.13. The number of aromatic nitrogens is 1. The second-order valence-electron chi connectivity index (χ2n) is 10.5. The summed E-state index contributed by atoms with van der Waals surface area (Å²) in [5.41, 5.74) is 6.97. The molecule has 0 aliphatic rings. The van der Waals surface area contributed by atoms with Crippen LogP contribution in [0.3, 0.4) is 0 Å². The second kappa shape index (κ2) is 8.20. The predicted molar refractivity (Wildman–Crippen MR) is 167 cm³/mol. The Labute approximate surface area is 233 Å². The van der Waals surface area contributed by atoms with Crippen molar-refractivity contribution in [2.24, 2.45) is 0 Å². The third kappa shape index (κ3) is 3.07. The Morgan fingerprint density at radius 2 is 1.20 bits per heavy atom. The van der Waals surface area contributed by atoms with Gasteiger partial charge in [-0.25, -0.2) is 4.79 Å². The lowest BCUT2D eigenvalue weighted by molar-refractivity contribution is 0.571. The van der Waals surface area contributed by atoms with Gasteiger partial charge in [0.1, 0.15) is 16.7 Å². The summed E-state index contributed by atoms with van der Waals surface area (Å²) < 4.78 is 14.6. The summed E-state index contributed by atoms with van der Waals surface area (Å²) in [5.74, 6) is 0. The highest BCUT2D eigenvalue weighted by molar-refractivity contribution is 6.27. The monoisotopic (exact) mass is 527 g/mol. The van der Waals surface area contributed by atoms with Crippen LogP contribution in [0.25, 0.3) is 82.3 Å². The summed E-state index contributed by atoms with van der Waals surface area (Å²) in [4.78, 5) is 13.3. The van der Waals surface area contributed by atoms with E-state index in [-0.39, 0.29) is 5.63 Å². The Morgan fingerprint density at radius 3 is 2.05 bits per heavy atom. The third-order valence-corrected chi connectivity index (χ3v) is 8.23. The third-order valence-electron chi connectivity index (χ3n) is 8.23. The molecule has 0 aliphatic heterocycles. The highest BCUT2D eigenvalue weighted by Gasteiger charge is 2.22. The van der Waals surface area contributed by atoms with Gasteiger partial charge in [-0.1, -0.05) is 84.9 Å². The fourth-order valence-corrected chi connectivity index (χ4v) is 6.45. The van der Waals surface area contributed by atoms with E-state index in [4.69, 9.17) is 8.83 Å². The Hall–Kier alpha value is -5.61. The van der Waals surface area contributed by atoms with Crippen molar-refractivity contribution in [3.63, 3.8) is 0 Å². The number of para-hydroxylation sites is 2. The highest BCUT2D eigenvalue weighted by atomic mass is 16.4. The Morgan fingerprint density at radius 1 is 0.512 bits per heavy atom. The van der Waals surface area contributed by atoms with Crippen molar-refractivity contribution in [1.82, 2.24) is 4.57 Å². The lowest BCUT2D eigenvalue weighted by Crippen LogP contribution is -2.02. The second-order valence-corrected chi connectivity index (χ2v) is 10.5. The van der Waals surface area contributed by atoms with Crippen molar-refractivity contribution in [1.29, 1.82) is 0 Å². The molecule has 0 radical (unpaired) electrons. The smallest absolute Gasteiger partial charge is 0.344 e. The minimum absolute atomic E-state index is 0.335. The van der Waals surface area contributed by atoms with Crippen molar-refractivity contribution in [2.75, 3.05) is 0 Å². The highest BCUT2D eigenvalue weighted by Crippen LogP contribution is 2.43. The zero-order chi connectivity index (χ0) is 27.1. The topological polar surface area (TPSA) is 48.3 Å². The molecule has 4 nitrogen and oxygen atoms in total. The van der Waals surface area contributed by atoms with Gasteiger partial charge in [-0.2, -0.15) is 0 Å². The fourth-order valence-electron chi connectivity index (χ4n) is 6.45. The van der Waals surface area contributed by atoms with E-state index in [2.05, 4.69) is 65.2 Å². The molecule has 4 heteroatoms. The number of benzene rings is 6. The molecule has 0 N–H and O–H groups in total. The Kier molecular flexibility index (Phi) is 4.44. The first-order valence-corrected chi connectivity index (χ1v) is 13.6. The molecule has 9 aromatic rings. The molecular formula is C37H21NO3. The van der Waals surface area contributed by atoms with Crippen LogP contribution in [0.15, 0.2) is 141 Å². The molecule has 0 spiro atoms. The maximum absolute atomic E-state index is 13.3. The van der Waals surface area contributed by atoms with E-state index in [0.717, 1.165) is 71.3 Å². The minimum atomic E-state index is -0.335. The number of hydrogen-bond acceptors (Lipinski definition) is 3. The van der Waals surface area contributed by atoms with Crippen LogP contribution in [0.2, 0.25) is 0 Å². The van der Waals surface area contributed by atoms with E-state index in [0.29, 0.717) is 11.0 Å². The van der Waals surface area contributed by atoms with E-state index in [1.165, 1.54) is 0 Å². The number of hydrogen-bond donors (Lipinski definition) is 0.